The van der Waals surface area contributed by atoms with Gasteiger partial charge in [0, 0.05) is 5.56 Å². The Morgan fingerprint density at radius 1 is 1.15 bits per heavy atom. The number of halogens is 1. The van der Waals surface area contributed by atoms with E-state index in [1.807, 2.05) is 13.8 Å². The SMILES string of the molecule is CCOc1ccc(-c2nnc(NC(=O)c3ccc(Br)s3)o2)cc1OCC. The van der Waals surface area contributed by atoms with Crippen LogP contribution in [0.2, 0.25) is 0 Å². The molecule has 0 fully saturated rings. The molecule has 1 N–H and O–H groups in total. The minimum absolute atomic E-state index is 0.0290. The number of carbonyl (C=O) groups excluding carboxylic acids is 1. The highest BCUT2D eigenvalue weighted by atomic mass is 79.9. The number of hydrogen-bond acceptors (Lipinski definition) is 7. The summed E-state index contributed by atoms with van der Waals surface area (Å²) in [5.41, 5.74) is 0.670. The van der Waals surface area contributed by atoms with Gasteiger partial charge in [-0.25, -0.2) is 0 Å². The lowest BCUT2D eigenvalue weighted by Crippen LogP contribution is -2.10. The van der Waals surface area contributed by atoms with Gasteiger partial charge in [0.25, 0.3) is 5.91 Å². The summed E-state index contributed by atoms with van der Waals surface area (Å²) in [6.07, 6.45) is 0. The Kier molecular flexibility index (Phi) is 5.89. The average Bonchev–Trinajstić information content (AvgIpc) is 3.26. The molecule has 1 aromatic carbocycles. The Balaban J connectivity index is 1.78. The van der Waals surface area contributed by atoms with Gasteiger partial charge in [0.2, 0.25) is 5.89 Å². The van der Waals surface area contributed by atoms with Gasteiger partial charge in [-0.05, 0) is 60.1 Å². The highest BCUT2D eigenvalue weighted by Crippen LogP contribution is 2.33. The van der Waals surface area contributed by atoms with E-state index >= 15 is 0 Å². The minimum Gasteiger partial charge on any atom is -0.490 e. The van der Waals surface area contributed by atoms with Crippen molar-refractivity contribution in [1.82, 2.24) is 10.2 Å². The number of benzene rings is 1. The first-order chi connectivity index (χ1) is 12.6. The summed E-state index contributed by atoms with van der Waals surface area (Å²) in [6.45, 7) is 4.84. The van der Waals surface area contributed by atoms with E-state index in [1.54, 1.807) is 30.3 Å². The average molecular weight is 438 g/mol. The van der Waals surface area contributed by atoms with Crippen LogP contribution < -0.4 is 14.8 Å². The maximum Gasteiger partial charge on any atom is 0.322 e. The molecule has 2 aromatic heterocycles. The molecule has 0 aliphatic heterocycles. The van der Waals surface area contributed by atoms with Crippen LogP contribution in [0.3, 0.4) is 0 Å². The van der Waals surface area contributed by atoms with Crippen LogP contribution in [0.4, 0.5) is 6.01 Å². The molecule has 0 aliphatic carbocycles. The van der Waals surface area contributed by atoms with Gasteiger partial charge in [0.05, 0.1) is 21.9 Å². The van der Waals surface area contributed by atoms with Gasteiger partial charge in [-0.3, -0.25) is 10.1 Å². The van der Waals surface area contributed by atoms with Crippen molar-refractivity contribution in [1.29, 1.82) is 0 Å². The molecule has 2 heterocycles. The van der Waals surface area contributed by atoms with Crippen molar-refractivity contribution in [2.45, 2.75) is 13.8 Å². The Morgan fingerprint density at radius 2 is 1.92 bits per heavy atom. The quantitative estimate of drug-likeness (QED) is 0.580. The molecule has 26 heavy (non-hydrogen) atoms. The normalized spacial score (nSPS) is 10.6. The molecule has 0 atom stereocenters. The molecule has 0 unspecified atom stereocenters. The van der Waals surface area contributed by atoms with Gasteiger partial charge in [0.1, 0.15) is 0 Å². The fourth-order valence-electron chi connectivity index (χ4n) is 2.17. The van der Waals surface area contributed by atoms with Crippen molar-refractivity contribution in [3.63, 3.8) is 0 Å². The van der Waals surface area contributed by atoms with E-state index in [9.17, 15) is 4.79 Å². The number of carbonyl (C=O) groups is 1. The molecule has 1 amide bonds. The molecular formula is C17H16BrN3O4S. The number of anilines is 1. The third-order valence-electron chi connectivity index (χ3n) is 3.23. The third-order valence-corrected chi connectivity index (χ3v) is 4.86. The highest BCUT2D eigenvalue weighted by Gasteiger charge is 2.16. The summed E-state index contributed by atoms with van der Waals surface area (Å²) in [4.78, 5) is 12.7. The first kappa shape index (κ1) is 18.4. The Labute approximate surface area is 162 Å². The van der Waals surface area contributed by atoms with Gasteiger partial charge in [-0.2, -0.15) is 0 Å². The standard InChI is InChI=1S/C17H16BrN3O4S/c1-3-23-11-6-5-10(9-12(11)24-4-2)16-20-21-17(25-16)19-15(22)13-7-8-14(18)26-13/h5-9H,3-4H2,1-2H3,(H,19,21,22). The molecule has 136 valence electrons. The number of amides is 1. The number of ether oxygens (including phenoxy) is 2. The number of aromatic nitrogens is 2. The van der Waals surface area contributed by atoms with E-state index in [-0.39, 0.29) is 17.8 Å². The predicted molar refractivity (Wildman–Crippen MR) is 102 cm³/mol. The van der Waals surface area contributed by atoms with Crippen LogP contribution in [0.1, 0.15) is 23.5 Å². The van der Waals surface area contributed by atoms with Gasteiger partial charge in [-0.15, -0.1) is 16.4 Å². The second-order valence-corrected chi connectivity index (χ2v) is 7.46. The summed E-state index contributed by atoms with van der Waals surface area (Å²) >= 11 is 4.64. The van der Waals surface area contributed by atoms with Crippen LogP contribution in [0.5, 0.6) is 11.5 Å². The van der Waals surface area contributed by atoms with Gasteiger partial charge in [-0.1, -0.05) is 5.10 Å². The fourth-order valence-corrected chi connectivity index (χ4v) is 3.45. The molecule has 0 aliphatic rings. The van der Waals surface area contributed by atoms with Crippen molar-refractivity contribution in [2.24, 2.45) is 0 Å². The van der Waals surface area contributed by atoms with Gasteiger partial charge in [0.15, 0.2) is 11.5 Å². The number of nitrogens with zero attached hydrogens (tertiary/aromatic N) is 2. The van der Waals surface area contributed by atoms with Gasteiger partial charge >= 0.3 is 6.01 Å². The fraction of sp³-hybridized carbons (Fsp3) is 0.235. The molecular weight excluding hydrogens is 422 g/mol. The van der Waals surface area contributed by atoms with Crippen LogP contribution in [0, 0.1) is 0 Å². The zero-order valence-electron chi connectivity index (χ0n) is 14.1. The molecule has 3 rings (SSSR count). The summed E-state index contributed by atoms with van der Waals surface area (Å²) in [5, 5.41) is 10.4. The van der Waals surface area contributed by atoms with Crippen LogP contribution in [-0.4, -0.2) is 29.3 Å². The van der Waals surface area contributed by atoms with E-state index in [0.717, 1.165) is 3.79 Å². The van der Waals surface area contributed by atoms with E-state index in [0.29, 0.717) is 35.2 Å². The summed E-state index contributed by atoms with van der Waals surface area (Å²) < 4.78 is 17.5. The maximum absolute atomic E-state index is 12.1. The summed E-state index contributed by atoms with van der Waals surface area (Å²) in [5.74, 6) is 1.21. The van der Waals surface area contributed by atoms with Crippen molar-refractivity contribution in [3.8, 4) is 23.0 Å². The number of thiophene rings is 1. The molecule has 0 bridgehead atoms. The number of nitrogens with one attached hydrogen (secondary N) is 1. The second-order valence-electron chi connectivity index (χ2n) is 5.00. The first-order valence-corrected chi connectivity index (χ1v) is 9.51. The lowest BCUT2D eigenvalue weighted by Gasteiger charge is -2.11. The van der Waals surface area contributed by atoms with E-state index < -0.39 is 0 Å². The van der Waals surface area contributed by atoms with Crippen LogP contribution in [-0.2, 0) is 0 Å². The van der Waals surface area contributed by atoms with E-state index in [4.69, 9.17) is 13.9 Å². The highest BCUT2D eigenvalue weighted by molar-refractivity contribution is 9.11. The number of rotatable bonds is 7. The number of hydrogen-bond donors (Lipinski definition) is 1. The monoisotopic (exact) mass is 437 g/mol. The van der Waals surface area contributed by atoms with E-state index in [2.05, 4.69) is 31.4 Å². The Hall–Kier alpha value is -2.39. The molecule has 0 spiro atoms. The lowest BCUT2D eigenvalue weighted by molar-refractivity contribution is 0.102. The topological polar surface area (TPSA) is 86.5 Å². The molecule has 0 saturated heterocycles. The predicted octanol–water partition coefficient (Wildman–Crippen LogP) is 4.61. The van der Waals surface area contributed by atoms with Gasteiger partial charge < -0.3 is 13.9 Å². The zero-order chi connectivity index (χ0) is 18.5. The molecule has 0 radical (unpaired) electrons. The smallest absolute Gasteiger partial charge is 0.322 e. The Bertz CT molecular complexity index is 909. The van der Waals surface area contributed by atoms with Crippen LogP contribution >= 0.6 is 27.3 Å². The molecule has 0 saturated carbocycles. The zero-order valence-corrected chi connectivity index (χ0v) is 16.5. The van der Waals surface area contributed by atoms with Crippen molar-refractivity contribution in [3.05, 3.63) is 39.0 Å². The summed E-state index contributed by atoms with van der Waals surface area (Å²) in [7, 11) is 0. The van der Waals surface area contributed by atoms with E-state index in [1.165, 1.54) is 11.3 Å². The third kappa shape index (κ3) is 4.23. The van der Waals surface area contributed by atoms with Crippen molar-refractivity contribution < 1.29 is 18.7 Å². The summed E-state index contributed by atoms with van der Waals surface area (Å²) in [6, 6.07) is 8.89. The molecule has 7 nitrogen and oxygen atoms in total. The Morgan fingerprint density at radius 3 is 2.62 bits per heavy atom. The van der Waals surface area contributed by atoms with Crippen molar-refractivity contribution >= 4 is 39.2 Å². The maximum atomic E-state index is 12.1. The second kappa shape index (κ2) is 8.33. The molecule has 9 heteroatoms. The van der Waals surface area contributed by atoms with Crippen LogP contribution in [0.25, 0.3) is 11.5 Å². The first-order valence-electron chi connectivity index (χ1n) is 7.91. The largest absolute Gasteiger partial charge is 0.490 e. The van der Waals surface area contributed by atoms with Crippen LogP contribution in [0.15, 0.2) is 38.5 Å². The van der Waals surface area contributed by atoms with Crippen molar-refractivity contribution in [2.75, 3.05) is 18.5 Å². The molecule has 3 aromatic rings. The minimum atomic E-state index is -0.308. The lowest BCUT2D eigenvalue weighted by atomic mass is 10.2.